The van der Waals surface area contributed by atoms with Gasteiger partial charge in [0.05, 0.1) is 16.6 Å². The largest absolute Gasteiger partial charge is 0.573 e. The molecule has 7 heteroatoms. The number of nitrogens with one attached hydrogen (secondary N) is 1. The van der Waals surface area contributed by atoms with Crippen LogP contribution < -0.4 is 10.1 Å². The molecule has 1 N–H and O–H groups in total. The third-order valence-electron chi connectivity index (χ3n) is 5.03. The van der Waals surface area contributed by atoms with E-state index < -0.39 is 6.36 Å². The smallest absolute Gasteiger partial charge is 0.406 e. The molecule has 1 aliphatic heterocycles. The number of halogens is 3. The maximum atomic E-state index is 13.3. The van der Waals surface area contributed by atoms with E-state index in [1.54, 1.807) is 18.2 Å². The van der Waals surface area contributed by atoms with Gasteiger partial charge in [0.2, 0.25) is 0 Å². The molecular weight excluding hydrogens is 411 g/mol. The lowest BCUT2D eigenvalue weighted by Gasteiger charge is -2.18. The van der Waals surface area contributed by atoms with E-state index in [-0.39, 0.29) is 16.8 Å². The van der Waals surface area contributed by atoms with Gasteiger partial charge in [0, 0.05) is 21.6 Å². The number of carbonyl (C=O) groups excluding carboxylic acids is 1. The second-order valence-electron chi connectivity index (χ2n) is 6.90. The predicted octanol–water partition coefficient (Wildman–Crippen LogP) is 6.45. The standard InChI is InChI=1S/C23H14F3NO2S/c24-23(25,26)29-14-11-9-13(10-12-14)22-19-20(15-5-1-2-6-16(15)21(19)28)27-17-7-3-4-8-18(17)30-22/h1-12,22,27H. The van der Waals surface area contributed by atoms with Gasteiger partial charge in [0.15, 0.2) is 5.78 Å². The molecule has 1 heterocycles. The van der Waals surface area contributed by atoms with Crippen molar-refractivity contribution >= 4 is 28.9 Å². The van der Waals surface area contributed by atoms with Gasteiger partial charge in [-0.3, -0.25) is 4.79 Å². The van der Waals surface area contributed by atoms with Crippen LogP contribution in [0.15, 0.2) is 83.3 Å². The van der Waals surface area contributed by atoms with Crippen molar-refractivity contribution in [3.05, 3.63) is 95.1 Å². The van der Waals surface area contributed by atoms with Crippen LogP contribution in [-0.2, 0) is 0 Å². The fraction of sp³-hybridized carbons (Fsp3) is 0.0870. The number of rotatable bonds is 2. The number of fused-ring (bicyclic) bond motifs is 3. The molecule has 1 aliphatic carbocycles. The van der Waals surface area contributed by atoms with E-state index in [2.05, 4.69) is 10.1 Å². The highest BCUT2D eigenvalue weighted by molar-refractivity contribution is 8.00. The van der Waals surface area contributed by atoms with Crippen LogP contribution >= 0.6 is 11.8 Å². The Bertz CT molecular complexity index is 1190. The Morgan fingerprint density at radius 2 is 1.53 bits per heavy atom. The average Bonchev–Trinajstić information content (AvgIpc) is 2.88. The molecule has 3 aromatic rings. The molecule has 5 rings (SSSR count). The summed E-state index contributed by atoms with van der Waals surface area (Å²) >= 11 is 1.50. The van der Waals surface area contributed by atoms with E-state index in [9.17, 15) is 18.0 Å². The Kier molecular flexibility index (Phi) is 4.36. The van der Waals surface area contributed by atoms with Gasteiger partial charge in [0.25, 0.3) is 0 Å². The third-order valence-corrected chi connectivity index (χ3v) is 6.38. The second-order valence-corrected chi connectivity index (χ2v) is 8.05. The third kappa shape index (κ3) is 3.25. The number of ether oxygens (including phenoxy) is 1. The highest BCUT2D eigenvalue weighted by Gasteiger charge is 2.38. The van der Waals surface area contributed by atoms with Crippen LogP contribution in [0.4, 0.5) is 18.9 Å². The summed E-state index contributed by atoms with van der Waals surface area (Å²) in [5.74, 6) is -0.368. The van der Waals surface area contributed by atoms with Gasteiger partial charge in [-0.25, -0.2) is 0 Å². The van der Waals surface area contributed by atoms with Crippen LogP contribution in [0, 0.1) is 0 Å². The molecule has 1 unspecified atom stereocenters. The number of hydrogen-bond donors (Lipinski definition) is 1. The predicted molar refractivity (Wildman–Crippen MR) is 109 cm³/mol. The minimum Gasteiger partial charge on any atom is -0.406 e. The van der Waals surface area contributed by atoms with E-state index >= 15 is 0 Å². The van der Waals surface area contributed by atoms with Gasteiger partial charge in [-0.05, 0) is 29.8 Å². The van der Waals surface area contributed by atoms with Crippen molar-refractivity contribution in [2.45, 2.75) is 16.5 Å². The molecule has 0 saturated carbocycles. The Morgan fingerprint density at radius 3 is 2.27 bits per heavy atom. The first kappa shape index (κ1) is 18.8. The van der Waals surface area contributed by atoms with Gasteiger partial charge in [-0.2, -0.15) is 0 Å². The topological polar surface area (TPSA) is 38.3 Å². The molecule has 0 aromatic heterocycles. The van der Waals surface area contributed by atoms with E-state index in [0.717, 1.165) is 27.4 Å². The zero-order valence-electron chi connectivity index (χ0n) is 15.4. The maximum absolute atomic E-state index is 13.3. The van der Waals surface area contributed by atoms with Gasteiger partial charge >= 0.3 is 6.36 Å². The number of carbonyl (C=O) groups is 1. The van der Waals surface area contributed by atoms with Gasteiger partial charge < -0.3 is 10.1 Å². The quantitative estimate of drug-likeness (QED) is 0.512. The van der Waals surface area contributed by atoms with Crippen molar-refractivity contribution in [1.82, 2.24) is 0 Å². The van der Waals surface area contributed by atoms with Crippen molar-refractivity contribution in [3.63, 3.8) is 0 Å². The number of benzene rings is 3. The molecule has 0 saturated heterocycles. The summed E-state index contributed by atoms with van der Waals surface area (Å²) in [6, 6.07) is 20.8. The first-order chi connectivity index (χ1) is 14.4. The fourth-order valence-corrected chi connectivity index (χ4v) is 5.05. The molecule has 0 fully saturated rings. The van der Waals surface area contributed by atoms with Crippen molar-refractivity contribution in [2.75, 3.05) is 5.32 Å². The molecule has 3 aromatic carbocycles. The summed E-state index contributed by atoms with van der Waals surface area (Å²) in [5, 5.41) is 3.04. The van der Waals surface area contributed by atoms with E-state index in [4.69, 9.17) is 0 Å². The monoisotopic (exact) mass is 425 g/mol. The lowest BCUT2D eigenvalue weighted by atomic mass is 10.0. The van der Waals surface area contributed by atoms with E-state index in [1.165, 1.54) is 23.9 Å². The summed E-state index contributed by atoms with van der Waals surface area (Å²) < 4.78 is 41.5. The summed E-state index contributed by atoms with van der Waals surface area (Å²) in [6.07, 6.45) is -4.75. The van der Waals surface area contributed by atoms with Crippen molar-refractivity contribution in [1.29, 1.82) is 0 Å². The zero-order valence-corrected chi connectivity index (χ0v) is 16.2. The SMILES string of the molecule is O=C1C2=C(Nc3ccccc3SC2c2ccc(OC(F)(F)F)cc2)c2ccccc21. The molecule has 0 spiro atoms. The minimum atomic E-state index is -4.75. The number of alkyl halides is 3. The van der Waals surface area contributed by atoms with Crippen LogP contribution in [0.5, 0.6) is 5.75 Å². The molecule has 2 aliphatic rings. The number of para-hydroxylation sites is 1. The average molecular weight is 425 g/mol. The number of Topliss-reactive ketones (excluding diaryl/α,β-unsaturated/α-hetero) is 1. The van der Waals surface area contributed by atoms with Crippen LogP contribution in [0.2, 0.25) is 0 Å². The van der Waals surface area contributed by atoms with Crippen molar-refractivity contribution < 1.29 is 22.7 Å². The van der Waals surface area contributed by atoms with Crippen molar-refractivity contribution in [2.24, 2.45) is 0 Å². The molecule has 30 heavy (non-hydrogen) atoms. The summed E-state index contributed by atoms with van der Waals surface area (Å²) in [6.45, 7) is 0. The summed E-state index contributed by atoms with van der Waals surface area (Å²) in [5.41, 5.74) is 4.41. The lowest BCUT2D eigenvalue weighted by Crippen LogP contribution is -2.17. The molecule has 150 valence electrons. The number of hydrogen-bond acceptors (Lipinski definition) is 4. The molecule has 0 radical (unpaired) electrons. The normalized spacial score (nSPS) is 17.6. The fourth-order valence-electron chi connectivity index (χ4n) is 3.76. The minimum absolute atomic E-state index is 0.0750. The number of thioether (sulfide) groups is 1. The Hall–Kier alpha value is -3.19. The maximum Gasteiger partial charge on any atom is 0.573 e. The van der Waals surface area contributed by atoms with Crippen LogP contribution in [0.1, 0.15) is 26.7 Å². The Balaban J connectivity index is 1.62. The number of ketones is 1. The van der Waals surface area contributed by atoms with Gasteiger partial charge in [-0.15, -0.1) is 24.9 Å². The molecule has 0 bridgehead atoms. The first-order valence-electron chi connectivity index (χ1n) is 9.17. The zero-order chi connectivity index (χ0) is 20.9. The van der Waals surface area contributed by atoms with Crippen LogP contribution in [0.3, 0.4) is 0 Å². The highest BCUT2D eigenvalue weighted by atomic mass is 32.2. The van der Waals surface area contributed by atoms with E-state index in [1.807, 2.05) is 42.5 Å². The lowest BCUT2D eigenvalue weighted by molar-refractivity contribution is -0.274. The molecule has 3 nitrogen and oxygen atoms in total. The molecule has 0 amide bonds. The van der Waals surface area contributed by atoms with Crippen LogP contribution in [0.25, 0.3) is 5.70 Å². The van der Waals surface area contributed by atoms with Crippen molar-refractivity contribution in [3.8, 4) is 5.75 Å². The second kappa shape index (κ2) is 6.95. The van der Waals surface area contributed by atoms with E-state index in [0.29, 0.717) is 11.1 Å². The summed E-state index contributed by atoms with van der Waals surface area (Å²) in [4.78, 5) is 14.2. The van der Waals surface area contributed by atoms with Gasteiger partial charge in [0.1, 0.15) is 5.75 Å². The van der Waals surface area contributed by atoms with Gasteiger partial charge in [-0.1, -0.05) is 48.5 Å². The molecular formula is C23H14F3NO2S. The number of anilines is 1. The van der Waals surface area contributed by atoms with Crippen LogP contribution in [-0.4, -0.2) is 12.1 Å². The Morgan fingerprint density at radius 1 is 0.867 bits per heavy atom. The Labute approximate surface area is 174 Å². The first-order valence-corrected chi connectivity index (χ1v) is 10.1. The molecule has 1 atom stereocenters. The summed E-state index contributed by atoms with van der Waals surface area (Å²) in [7, 11) is 0. The highest BCUT2D eigenvalue weighted by Crippen LogP contribution is 2.52.